The highest BCUT2D eigenvalue weighted by Crippen LogP contribution is 2.28. The molecule has 0 heterocycles. The van der Waals surface area contributed by atoms with Crippen LogP contribution in [0.1, 0.15) is 28.9 Å². The summed E-state index contributed by atoms with van der Waals surface area (Å²) >= 11 is 12.1. The average Bonchev–Trinajstić information content (AvgIpc) is 2.59. The second kappa shape index (κ2) is 8.18. The third-order valence-corrected chi connectivity index (χ3v) is 4.39. The summed E-state index contributed by atoms with van der Waals surface area (Å²) in [7, 11) is 1.67. The molecule has 0 fully saturated rings. The zero-order valence-corrected chi connectivity index (χ0v) is 14.9. The first-order valence-electron chi connectivity index (χ1n) is 7.44. The van der Waals surface area contributed by atoms with Gasteiger partial charge in [0.2, 0.25) is 5.91 Å². The molecule has 0 radical (unpaired) electrons. The van der Waals surface area contributed by atoms with Crippen LogP contribution in [0, 0.1) is 0 Å². The van der Waals surface area contributed by atoms with Gasteiger partial charge in [0.05, 0.1) is 12.6 Å². The number of likely N-dealkylation sites (N-methyl/N-ethyl adjacent to an activating group) is 1. The van der Waals surface area contributed by atoms with E-state index >= 15 is 0 Å². The number of hydrogen-bond acceptors (Lipinski definition) is 2. The van der Waals surface area contributed by atoms with Crippen LogP contribution in [0.25, 0.3) is 0 Å². The van der Waals surface area contributed by atoms with Crippen LogP contribution in [0.4, 0.5) is 0 Å². The van der Waals surface area contributed by atoms with E-state index in [2.05, 4.69) is 5.32 Å². The van der Waals surface area contributed by atoms with E-state index in [1.54, 1.807) is 54.4 Å². The second-order valence-corrected chi connectivity index (χ2v) is 6.24. The van der Waals surface area contributed by atoms with Gasteiger partial charge in [-0.05, 0) is 36.8 Å². The van der Waals surface area contributed by atoms with Crippen molar-refractivity contribution in [2.75, 3.05) is 13.6 Å². The zero-order valence-electron chi connectivity index (χ0n) is 13.4. The predicted octanol–water partition coefficient (Wildman–Crippen LogP) is 3.94. The van der Waals surface area contributed by atoms with Crippen LogP contribution in [-0.2, 0) is 4.79 Å². The summed E-state index contributed by atoms with van der Waals surface area (Å²) in [6.07, 6.45) is 0. The van der Waals surface area contributed by atoms with Crippen molar-refractivity contribution in [3.63, 3.8) is 0 Å². The molecule has 0 bridgehead atoms. The Hall–Kier alpha value is -2.04. The zero-order chi connectivity index (χ0) is 17.7. The van der Waals surface area contributed by atoms with E-state index < -0.39 is 0 Å². The van der Waals surface area contributed by atoms with Gasteiger partial charge in [0.1, 0.15) is 0 Å². The Bertz CT molecular complexity index is 735. The van der Waals surface area contributed by atoms with Crippen molar-refractivity contribution in [2.24, 2.45) is 0 Å². The van der Waals surface area contributed by atoms with Crippen LogP contribution < -0.4 is 5.32 Å². The van der Waals surface area contributed by atoms with Crippen molar-refractivity contribution in [3.8, 4) is 0 Å². The molecule has 126 valence electrons. The van der Waals surface area contributed by atoms with Crippen LogP contribution in [0.3, 0.4) is 0 Å². The minimum Gasteiger partial charge on any atom is -0.343 e. The Labute approximate surface area is 151 Å². The predicted molar refractivity (Wildman–Crippen MR) is 96.4 cm³/mol. The average molecular weight is 365 g/mol. The van der Waals surface area contributed by atoms with Crippen molar-refractivity contribution >= 4 is 35.0 Å². The molecule has 2 aromatic carbocycles. The number of nitrogens with zero attached hydrogens (tertiary/aromatic N) is 1. The molecule has 0 aromatic heterocycles. The van der Waals surface area contributed by atoms with Gasteiger partial charge in [-0.1, -0.05) is 47.5 Å². The first-order chi connectivity index (χ1) is 11.4. The standard InChI is InChI=1S/C18H18Cl2N2O2/c1-12(15-9-8-14(19)10-16(15)20)22(2)17(23)11-21-18(24)13-6-4-3-5-7-13/h3-10,12H,11H2,1-2H3,(H,21,24). The summed E-state index contributed by atoms with van der Waals surface area (Å²) in [4.78, 5) is 25.8. The smallest absolute Gasteiger partial charge is 0.251 e. The van der Waals surface area contributed by atoms with E-state index in [-0.39, 0.29) is 24.4 Å². The molecule has 0 saturated carbocycles. The summed E-state index contributed by atoms with van der Waals surface area (Å²) < 4.78 is 0. The van der Waals surface area contributed by atoms with E-state index in [1.807, 2.05) is 13.0 Å². The van der Waals surface area contributed by atoms with E-state index in [0.29, 0.717) is 15.6 Å². The lowest BCUT2D eigenvalue weighted by Gasteiger charge is -2.26. The van der Waals surface area contributed by atoms with Crippen molar-refractivity contribution in [1.82, 2.24) is 10.2 Å². The maximum Gasteiger partial charge on any atom is 0.251 e. The number of nitrogens with one attached hydrogen (secondary N) is 1. The largest absolute Gasteiger partial charge is 0.343 e. The van der Waals surface area contributed by atoms with Crippen LogP contribution >= 0.6 is 23.2 Å². The summed E-state index contributed by atoms with van der Waals surface area (Å²) in [5.41, 5.74) is 1.31. The Morgan fingerprint density at radius 1 is 1.12 bits per heavy atom. The molecule has 6 heteroatoms. The van der Waals surface area contributed by atoms with E-state index in [1.165, 1.54) is 0 Å². The molecule has 1 unspecified atom stereocenters. The number of amides is 2. The van der Waals surface area contributed by atoms with Crippen molar-refractivity contribution < 1.29 is 9.59 Å². The summed E-state index contributed by atoms with van der Waals surface area (Å²) in [5.74, 6) is -0.493. The SMILES string of the molecule is CC(c1ccc(Cl)cc1Cl)N(C)C(=O)CNC(=O)c1ccccc1. The van der Waals surface area contributed by atoms with Gasteiger partial charge in [0.25, 0.3) is 5.91 Å². The van der Waals surface area contributed by atoms with E-state index in [9.17, 15) is 9.59 Å². The number of benzene rings is 2. The van der Waals surface area contributed by atoms with Crippen LogP contribution in [-0.4, -0.2) is 30.3 Å². The fourth-order valence-electron chi connectivity index (χ4n) is 2.24. The molecule has 0 spiro atoms. The Morgan fingerprint density at radius 2 is 1.79 bits per heavy atom. The molecule has 0 saturated heterocycles. The lowest BCUT2D eigenvalue weighted by Crippen LogP contribution is -2.39. The van der Waals surface area contributed by atoms with Gasteiger partial charge in [0.15, 0.2) is 0 Å². The quantitative estimate of drug-likeness (QED) is 0.873. The highest BCUT2D eigenvalue weighted by atomic mass is 35.5. The van der Waals surface area contributed by atoms with Gasteiger partial charge in [-0.3, -0.25) is 9.59 Å². The van der Waals surface area contributed by atoms with E-state index in [0.717, 1.165) is 5.56 Å². The Kier molecular flexibility index (Phi) is 6.23. The minimum absolute atomic E-state index is 0.0836. The fraction of sp³-hybridized carbons (Fsp3) is 0.222. The number of halogens is 2. The third-order valence-electron chi connectivity index (χ3n) is 3.82. The molecular weight excluding hydrogens is 347 g/mol. The van der Waals surface area contributed by atoms with Crippen molar-refractivity contribution in [2.45, 2.75) is 13.0 Å². The van der Waals surface area contributed by atoms with Gasteiger partial charge < -0.3 is 10.2 Å². The molecule has 4 nitrogen and oxygen atoms in total. The first-order valence-corrected chi connectivity index (χ1v) is 8.19. The minimum atomic E-state index is -0.283. The lowest BCUT2D eigenvalue weighted by atomic mass is 10.1. The van der Waals surface area contributed by atoms with Crippen LogP contribution in [0.15, 0.2) is 48.5 Å². The maximum absolute atomic E-state index is 12.3. The maximum atomic E-state index is 12.3. The van der Waals surface area contributed by atoms with Crippen molar-refractivity contribution in [1.29, 1.82) is 0 Å². The molecule has 2 aromatic rings. The molecule has 0 aliphatic heterocycles. The molecule has 1 atom stereocenters. The van der Waals surface area contributed by atoms with Crippen molar-refractivity contribution in [3.05, 3.63) is 69.7 Å². The van der Waals surface area contributed by atoms with Gasteiger partial charge in [0, 0.05) is 22.7 Å². The molecule has 1 N–H and O–H groups in total. The highest BCUT2D eigenvalue weighted by Gasteiger charge is 2.20. The van der Waals surface area contributed by atoms with E-state index in [4.69, 9.17) is 23.2 Å². The monoisotopic (exact) mass is 364 g/mol. The molecule has 24 heavy (non-hydrogen) atoms. The first kappa shape index (κ1) is 18.3. The number of hydrogen-bond donors (Lipinski definition) is 1. The van der Waals surface area contributed by atoms with Crippen LogP contribution in [0.2, 0.25) is 10.0 Å². The third kappa shape index (κ3) is 4.49. The summed E-state index contributed by atoms with van der Waals surface area (Å²) in [6.45, 7) is 1.78. The van der Waals surface area contributed by atoms with Gasteiger partial charge in [-0.2, -0.15) is 0 Å². The summed E-state index contributed by atoms with van der Waals surface area (Å²) in [5, 5.41) is 3.67. The fourth-order valence-corrected chi connectivity index (χ4v) is 2.80. The van der Waals surface area contributed by atoms with Crippen LogP contribution in [0.5, 0.6) is 0 Å². The molecule has 2 rings (SSSR count). The van der Waals surface area contributed by atoms with Gasteiger partial charge in [-0.25, -0.2) is 0 Å². The lowest BCUT2D eigenvalue weighted by molar-refractivity contribution is -0.130. The summed E-state index contributed by atoms with van der Waals surface area (Å²) in [6, 6.07) is 13.7. The number of carbonyl (C=O) groups is 2. The second-order valence-electron chi connectivity index (χ2n) is 5.40. The van der Waals surface area contributed by atoms with Gasteiger partial charge >= 0.3 is 0 Å². The number of carbonyl (C=O) groups excluding carboxylic acids is 2. The Balaban J connectivity index is 1.97. The normalized spacial score (nSPS) is 11.7. The topological polar surface area (TPSA) is 49.4 Å². The Morgan fingerprint density at radius 3 is 2.42 bits per heavy atom. The number of rotatable bonds is 5. The molecular formula is C18H18Cl2N2O2. The molecule has 0 aliphatic rings. The van der Waals surface area contributed by atoms with Gasteiger partial charge in [-0.15, -0.1) is 0 Å². The highest BCUT2D eigenvalue weighted by molar-refractivity contribution is 6.35. The molecule has 2 amide bonds. The molecule has 0 aliphatic carbocycles.